The molecule has 2 aromatic carbocycles. The van der Waals surface area contributed by atoms with Crippen molar-refractivity contribution in [2.75, 3.05) is 32.8 Å². The van der Waals surface area contributed by atoms with Crippen LogP contribution in [0.2, 0.25) is 0 Å². The van der Waals surface area contributed by atoms with Gasteiger partial charge in [0.05, 0.1) is 18.7 Å². The molecule has 3 N–H and O–H groups in total. The summed E-state index contributed by atoms with van der Waals surface area (Å²) in [5.41, 5.74) is 1.05. The Labute approximate surface area is 224 Å². The maximum absolute atomic E-state index is 15.8. The summed E-state index contributed by atoms with van der Waals surface area (Å²) in [6, 6.07) is 4.42. The molecule has 0 radical (unpaired) electrons. The highest BCUT2D eigenvalue weighted by atomic mass is 19.3. The number of halogens is 5. The van der Waals surface area contributed by atoms with E-state index in [9.17, 15) is 23.4 Å². The Morgan fingerprint density at radius 3 is 2.44 bits per heavy atom. The van der Waals surface area contributed by atoms with E-state index in [0.717, 1.165) is 31.5 Å². The van der Waals surface area contributed by atoms with Gasteiger partial charge in [-0.15, -0.1) is 0 Å². The molecular formula is C29H34F5N3O2. The van der Waals surface area contributed by atoms with Gasteiger partial charge in [-0.1, -0.05) is 13.3 Å². The van der Waals surface area contributed by atoms with Crippen LogP contribution in [0.4, 0.5) is 22.0 Å². The monoisotopic (exact) mass is 551 g/mol. The number of nitrogens with one attached hydrogen (secondary N) is 1. The van der Waals surface area contributed by atoms with Crippen molar-refractivity contribution in [1.29, 1.82) is 0 Å². The molecule has 10 heteroatoms. The molecule has 212 valence electrons. The molecule has 39 heavy (non-hydrogen) atoms. The average molecular weight is 552 g/mol. The number of aromatic nitrogens is 1. The van der Waals surface area contributed by atoms with Crippen LogP contribution in [0, 0.1) is 23.4 Å². The Morgan fingerprint density at radius 2 is 1.79 bits per heavy atom. The van der Waals surface area contributed by atoms with Gasteiger partial charge in [0, 0.05) is 47.2 Å². The molecule has 2 aliphatic heterocycles. The van der Waals surface area contributed by atoms with Crippen molar-refractivity contribution in [2.24, 2.45) is 5.92 Å². The molecule has 0 unspecified atom stereocenters. The third kappa shape index (κ3) is 5.31. The first-order chi connectivity index (χ1) is 18.5. The molecule has 2 aliphatic rings. The lowest BCUT2D eigenvalue weighted by Crippen LogP contribution is -2.50. The highest BCUT2D eigenvalue weighted by Gasteiger charge is 2.44. The Hall–Kier alpha value is -2.53. The smallest absolute Gasteiger partial charge is 0.283 e. The Balaban J connectivity index is 1.54. The van der Waals surface area contributed by atoms with E-state index in [1.807, 2.05) is 0 Å². The molecule has 3 heterocycles. The molecule has 0 saturated carbocycles. The van der Waals surface area contributed by atoms with Gasteiger partial charge in [-0.25, -0.2) is 22.0 Å². The number of likely N-dealkylation sites (tertiary alicyclic amines) is 1. The number of H-pyrrole nitrogens is 1. The van der Waals surface area contributed by atoms with Crippen LogP contribution in [-0.2, 0) is 6.42 Å². The molecule has 1 aromatic heterocycles. The Morgan fingerprint density at radius 1 is 1.10 bits per heavy atom. The minimum Gasteiger partial charge on any atom is -0.390 e. The lowest BCUT2D eigenvalue weighted by molar-refractivity contribution is -0.0869. The van der Waals surface area contributed by atoms with Gasteiger partial charge in [0.1, 0.15) is 24.1 Å². The van der Waals surface area contributed by atoms with Crippen LogP contribution in [0.1, 0.15) is 61.2 Å². The number of unbranched alkanes of at least 4 members (excludes halogenated alkanes) is 1. The van der Waals surface area contributed by atoms with Gasteiger partial charge in [0.2, 0.25) is 0 Å². The van der Waals surface area contributed by atoms with Crippen LogP contribution in [0.25, 0.3) is 10.9 Å². The van der Waals surface area contributed by atoms with Gasteiger partial charge in [-0.2, -0.15) is 0 Å². The SMILES string of the molecule is CCCCN1CC([C@H](O)c2cc(F)c([C@@H]3c4[nH]c5cc(F)ccc5c4C[C@@H](C)N3CC(F)(F)CO)c(F)c2)C1. The zero-order valence-electron chi connectivity index (χ0n) is 22.0. The van der Waals surface area contributed by atoms with Crippen LogP contribution < -0.4 is 0 Å². The Kier molecular flexibility index (Phi) is 7.76. The van der Waals surface area contributed by atoms with Crippen molar-refractivity contribution in [3.05, 3.63) is 70.2 Å². The number of hydrogen-bond donors (Lipinski definition) is 3. The highest BCUT2D eigenvalue weighted by molar-refractivity contribution is 5.85. The van der Waals surface area contributed by atoms with Crippen LogP contribution in [0.15, 0.2) is 30.3 Å². The molecule has 5 rings (SSSR count). The van der Waals surface area contributed by atoms with Crippen molar-refractivity contribution in [2.45, 2.75) is 57.2 Å². The molecule has 3 aromatic rings. The number of nitrogens with zero attached hydrogens (tertiary/aromatic N) is 2. The third-order valence-electron chi connectivity index (χ3n) is 8.19. The average Bonchev–Trinajstić information content (AvgIpc) is 3.20. The van der Waals surface area contributed by atoms with E-state index in [2.05, 4.69) is 16.8 Å². The molecule has 0 aliphatic carbocycles. The number of fused-ring (bicyclic) bond motifs is 3. The summed E-state index contributed by atoms with van der Waals surface area (Å²) in [5.74, 6) is -6.10. The summed E-state index contributed by atoms with van der Waals surface area (Å²) in [4.78, 5) is 6.49. The van der Waals surface area contributed by atoms with Crippen LogP contribution >= 0.6 is 0 Å². The lowest BCUT2D eigenvalue weighted by atomic mass is 9.85. The lowest BCUT2D eigenvalue weighted by Gasteiger charge is -2.43. The molecule has 0 bridgehead atoms. The minimum atomic E-state index is -3.51. The first-order valence-corrected chi connectivity index (χ1v) is 13.5. The summed E-state index contributed by atoms with van der Waals surface area (Å²) in [6.07, 6.45) is 1.31. The van der Waals surface area contributed by atoms with E-state index in [0.29, 0.717) is 35.2 Å². The minimum absolute atomic E-state index is 0.101. The number of hydrogen-bond acceptors (Lipinski definition) is 4. The van der Waals surface area contributed by atoms with Gasteiger partial charge in [0.15, 0.2) is 0 Å². The van der Waals surface area contributed by atoms with E-state index in [4.69, 9.17) is 0 Å². The fourth-order valence-corrected chi connectivity index (χ4v) is 6.09. The molecule has 3 atom stereocenters. The topological polar surface area (TPSA) is 62.7 Å². The third-order valence-corrected chi connectivity index (χ3v) is 8.19. The van der Waals surface area contributed by atoms with Gasteiger partial charge in [-0.05, 0) is 67.8 Å². The summed E-state index contributed by atoms with van der Waals surface area (Å²) in [7, 11) is 0. The van der Waals surface area contributed by atoms with E-state index >= 15 is 8.78 Å². The van der Waals surface area contributed by atoms with Gasteiger partial charge in [-0.3, -0.25) is 4.90 Å². The number of aliphatic hydroxyl groups is 2. The van der Waals surface area contributed by atoms with E-state index in [-0.39, 0.29) is 17.9 Å². The Bertz CT molecular complexity index is 1320. The molecule has 5 nitrogen and oxygen atoms in total. The molecule has 0 spiro atoms. The van der Waals surface area contributed by atoms with E-state index in [1.54, 1.807) is 13.0 Å². The normalized spacial score (nSPS) is 21.8. The predicted molar refractivity (Wildman–Crippen MR) is 138 cm³/mol. The van der Waals surface area contributed by atoms with Crippen molar-refractivity contribution in [3.8, 4) is 0 Å². The number of rotatable bonds is 9. The highest BCUT2D eigenvalue weighted by Crippen LogP contribution is 2.44. The second-order valence-corrected chi connectivity index (χ2v) is 11.1. The quantitative estimate of drug-likeness (QED) is 0.316. The van der Waals surface area contributed by atoms with Crippen molar-refractivity contribution in [3.63, 3.8) is 0 Å². The summed E-state index contributed by atoms with van der Waals surface area (Å²) < 4.78 is 74.5. The van der Waals surface area contributed by atoms with Crippen LogP contribution in [-0.4, -0.2) is 69.7 Å². The van der Waals surface area contributed by atoms with Gasteiger partial charge < -0.3 is 20.1 Å². The zero-order valence-corrected chi connectivity index (χ0v) is 22.0. The number of benzene rings is 2. The number of aromatic amines is 1. The van der Waals surface area contributed by atoms with Gasteiger partial charge >= 0.3 is 0 Å². The largest absolute Gasteiger partial charge is 0.390 e. The first-order valence-electron chi connectivity index (χ1n) is 13.5. The second kappa shape index (κ2) is 10.8. The fourth-order valence-electron chi connectivity index (χ4n) is 6.09. The standard InChI is InChI=1S/C29H34F5N3O2/c1-3-4-7-36-12-18(13-36)28(39)17-9-22(31)25(23(32)10-17)27-26-21(20-6-5-19(30)11-24(20)35-26)8-16(2)37(27)14-29(33,34)15-38/h5-6,9-11,16,18,27-28,35,38-39H,3-4,7-8,12-15H2,1-2H3/t16-,27-,28-/m1/s1. The molecule has 1 saturated heterocycles. The van der Waals surface area contributed by atoms with Crippen LogP contribution in [0.5, 0.6) is 0 Å². The van der Waals surface area contributed by atoms with Crippen molar-refractivity contribution < 1.29 is 32.2 Å². The van der Waals surface area contributed by atoms with E-state index in [1.165, 1.54) is 17.0 Å². The number of aliphatic hydroxyl groups excluding tert-OH is 2. The molecule has 0 amide bonds. The number of alkyl halides is 2. The molecule has 1 fully saturated rings. The van der Waals surface area contributed by atoms with E-state index < -0.39 is 60.3 Å². The first kappa shape index (κ1) is 28.0. The molecular weight excluding hydrogens is 517 g/mol. The zero-order chi connectivity index (χ0) is 28.1. The van der Waals surface area contributed by atoms with Crippen LogP contribution in [0.3, 0.4) is 0 Å². The fraction of sp³-hybridized carbons (Fsp3) is 0.517. The summed E-state index contributed by atoms with van der Waals surface area (Å²) in [6.45, 7) is 3.59. The summed E-state index contributed by atoms with van der Waals surface area (Å²) >= 11 is 0. The summed E-state index contributed by atoms with van der Waals surface area (Å²) in [5, 5.41) is 20.8. The second-order valence-electron chi connectivity index (χ2n) is 11.1. The van der Waals surface area contributed by atoms with Crippen molar-refractivity contribution >= 4 is 10.9 Å². The maximum atomic E-state index is 15.8. The predicted octanol–water partition coefficient (Wildman–Crippen LogP) is 5.31. The van der Waals surface area contributed by atoms with Crippen molar-refractivity contribution in [1.82, 2.24) is 14.8 Å². The maximum Gasteiger partial charge on any atom is 0.283 e. The van der Waals surface area contributed by atoms with Gasteiger partial charge in [0.25, 0.3) is 5.92 Å².